The minimum atomic E-state index is -0.330. The first kappa shape index (κ1) is 16.8. The number of unbranched alkanes of at least 4 members (excludes halogenated alkanes) is 1. The van der Waals surface area contributed by atoms with Crippen LogP contribution in [-0.4, -0.2) is 54.4 Å². The number of aryl methyl sites for hydroxylation is 1. The molecule has 0 aromatic heterocycles. The van der Waals surface area contributed by atoms with E-state index in [1.54, 1.807) is 9.80 Å². The van der Waals surface area contributed by atoms with Gasteiger partial charge in [0.1, 0.15) is 11.8 Å². The van der Waals surface area contributed by atoms with Gasteiger partial charge in [0.15, 0.2) is 0 Å². The molecule has 0 N–H and O–H groups in total. The van der Waals surface area contributed by atoms with Crippen molar-refractivity contribution in [3.63, 3.8) is 0 Å². The number of benzene rings is 1. The topological polar surface area (TPSA) is 49.9 Å². The fraction of sp³-hybridized carbons (Fsp3) is 0.579. The van der Waals surface area contributed by atoms with E-state index in [4.69, 9.17) is 4.74 Å². The lowest BCUT2D eigenvalue weighted by Gasteiger charge is -2.39. The van der Waals surface area contributed by atoms with Crippen LogP contribution in [0.2, 0.25) is 0 Å². The number of carbonyl (C=O) groups is 2. The van der Waals surface area contributed by atoms with Crippen LogP contribution in [0.25, 0.3) is 0 Å². The molecule has 1 fully saturated rings. The molecule has 0 radical (unpaired) electrons. The fourth-order valence-corrected chi connectivity index (χ4v) is 3.49. The molecule has 5 heteroatoms. The molecule has 2 heterocycles. The zero-order valence-corrected chi connectivity index (χ0v) is 14.6. The van der Waals surface area contributed by atoms with Gasteiger partial charge in [0.2, 0.25) is 5.91 Å². The summed E-state index contributed by atoms with van der Waals surface area (Å²) < 4.78 is 5.62. The Morgan fingerprint density at radius 2 is 2.17 bits per heavy atom. The Bertz CT molecular complexity index is 629. The molecule has 1 aromatic rings. The Hall–Kier alpha value is -2.04. The second-order valence-electron chi connectivity index (χ2n) is 6.69. The minimum absolute atomic E-state index is 0.0362. The number of ether oxygens (including phenoxy) is 1. The van der Waals surface area contributed by atoms with Gasteiger partial charge in [-0.3, -0.25) is 9.59 Å². The van der Waals surface area contributed by atoms with Crippen molar-refractivity contribution in [3.8, 4) is 5.75 Å². The molecular weight excluding hydrogens is 304 g/mol. The van der Waals surface area contributed by atoms with Crippen LogP contribution in [0.15, 0.2) is 18.2 Å². The van der Waals surface area contributed by atoms with E-state index in [1.165, 1.54) is 0 Å². The summed E-state index contributed by atoms with van der Waals surface area (Å²) in [4.78, 5) is 29.1. The van der Waals surface area contributed by atoms with Crippen molar-refractivity contribution in [1.82, 2.24) is 9.80 Å². The van der Waals surface area contributed by atoms with Gasteiger partial charge < -0.3 is 14.5 Å². The average molecular weight is 330 g/mol. The van der Waals surface area contributed by atoms with Crippen molar-refractivity contribution in [1.29, 1.82) is 0 Å². The highest BCUT2D eigenvalue weighted by Gasteiger charge is 2.35. The van der Waals surface area contributed by atoms with E-state index in [1.807, 2.05) is 25.2 Å². The monoisotopic (exact) mass is 330 g/mol. The maximum absolute atomic E-state index is 13.0. The number of carbonyl (C=O) groups excluding carboxylic acids is 2. The number of rotatable bonds is 4. The molecule has 1 unspecified atom stereocenters. The first-order valence-corrected chi connectivity index (χ1v) is 8.93. The van der Waals surface area contributed by atoms with Crippen LogP contribution in [0.4, 0.5) is 0 Å². The SMILES string of the molecule is CCCCC1C(=O)N(C)CCN1C(=O)c1ccc2c(c1)CCCO2. The van der Waals surface area contributed by atoms with E-state index < -0.39 is 0 Å². The van der Waals surface area contributed by atoms with Gasteiger partial charge in [0.05, 0.1) is 6.61 Å². The maximum atomic E-state index is 13.0. The summed E-state index contributed by atoms with van der Waals surface area (Å²) in [6.07, 6.45) is 4.63. The van der Waals surface area contributed by atoms with Crippen molar-refractivity contribution in [2.75, 3.05) is 26.7 Å². The van der Waals surface area contributed by atoms with E-state index in [9.17, 15) is 9.59 Å². The number of hydrogen-bond acceptors (Lipinski definition) is 3. The van der Waals surface area contributed by atoms with Crippen LogP contribution >= 0.6 is 0 Å². The number of nitrogens with zero attached hydrogens (tertiary/aromatic N) is 2. The normalized spacial score (nSPS) is 20.6. The van der Waals surface area contributed by atoms with E-state index in [2.05, 4.69) is 6.92 Å². The predicted octanol–water partition coefficient (Wildman–Crippen LogP) is 2.48. The molecule has 24 heavy (non-hydrogen) atoms. The highest BCUT2D eigenvalue weighted by molar-refractivity contribution is 5.98. The highest BCUT2D eigenvalue weighted by Crippen LogP contribution is 2.27. The van der Waals surface area contributed by atoms with Gasteiger partial charge in [-0.15, -0.1) is 0 Å². The molecule has 1 saturated heterocycles. The second-order valence-corrected chi connectivity index (χ2v) is 6.69. The number of hydrogen-bond donors (Lipinski definition) is 0. The third kappa shape index (κ3) is 3.25. The minimum Gasteiger partial charge on any atom is -0.493 e. The molecule has 1 atom stereocenters. The third-order valence-electron chi connectivity index (χ3n) is 4.96. The summed E-state index contributed by atoms with van der Waals surface area (Å²) in [6.45, 7) is 4.04. The van der Waals surface area contributed by atoms with Crippen molar-refractivity contribution in [3.05, 3.63) is 29.3 Å². The molecule has 0 bridgehead atoms. The van der Waals surface area contributed by atoms with Gasteiger partial charge in [-0.1, -0.05) is 19.8 Å². The molecular formula is C19H26N2O3. The van der Waals surface area contributed by atoms with E-state index in [0.29, 0.717) is 18.7 Å². The van der Waals surface area contributed by atoms with Gasteiger partial charge >= 0.3 is 0 Å². The molecule has 5 nitrogen and oxygen atoms in total. The molecule has 3 rings (SSSR count). The average Bonchev–Trinajstić information content (AvgIpc) is 2.62. The van der Waals surface area contributed by atoms with Gasteiger partial charge in [0, 0.05) is 25.7 Å². The third-order valence-corrected chi connectivity index (χ3v) is 4.96. The molecule has 130 valence electrons. The summed E-state index contributed by atoms with van der Waals surface area (Å²) in [5.74, 6) is 0.907. The van der Waals surface area contributed by atoms with Crippen molar-refractivity contribution < 1.29 is 14.3 Å². The largest absolute Gasteiger partial charge is 0.493 e. The van der Waals surface area contributed by atoms with E-state index in [-0.39, 0.29) is 17.9 Å². The summed E-state index contributed by atoms with van der Waals surface area (Å²) in [7, 11) is 1.82. The van der Waals surface area contributed by atoms with Crippen LogP contribution in [0.3, 0.4) is 0 Å². The van der Waals surface area contributed by atoms with Gasteiger partial charge in [0.25, 0.3) is 5.91 Å². The zero-order valence-electron chi connectivity index (χ0n) is 14.6. The Balaban J connectivity index is 1.82. The Morgan fingerprint density at radius 3 is 2.96 bits per heavy atom. The van der Waals surface area contributed by atoms with Gasteiger partial charge in [-0.2, -0.15) is 0 Å². The maximum Gasteiger partial charge on any atom is 0.254 e. The van der Waals surface area contributed by atoms with Gasteiger partial charge in [-0.05, 0) is 43.0 Å². The van der Waals surface area contributed by atoms with Crippen LogP contribution in [0, 0.1) is 0 Å². The number of fused-ring (bicyclic) bond motifs is 1. The van der Waals surface area contributed by atoms with Gasteiger partial charge in [-0.25, -0.2) is 0 Å². The van der Waals surface area contributed by atoms with E-state index >= 15 is 0 Å². The van der Waals surface area contributed by atoms with Crippen LogP contribution in [-0.2, 0) is 11.2 Å². The Morgan fingerprint density at radius 1 is 1.33 bits per heavy atom. The van der Waals surface area contributed by atoms with E-state index in [0.717, 1.165) is 50.0 Å². The highest BCUT2D eigenvalue weighted by atomic mass is 16.5. The molecule has 2 amide bonds. The Labute approximate surface area is 143 Å². The molecule has 0 spiro atoms. The summed E-state index contributed by atoms with van der Waals surface area (Å²) in [5, 5.41) is 0. The Kier molecular flexibility index (Phi) is 5.07. The fourth-order valence-electron chi connectivity index (χ4n) is 3.49. The standard InChI is InChI=1S/C19H26N2O3/c1-3-4-7-16-19(23)20(2)10-11-21(16)18(22)15-8-9-17-14(13-15)6-5-12-24-17/h8-9,13,16H,3-7,10-12H2,1-2H3. The lowest BCUT2D eigenvalue weighted by Crippen LogP contribution is -2.57. The van der Waals surface area contributed by atoms with Crippen molar-refractivity contribution >= 4 is 11.8 Å². The second kappa shape index (κ2) is 7.24. The van der Waals surface area contributed by atoms with Crippen molar-refractivity contribution in [2.24, 2.45) is 0 Å². The lowest BCUT2D eigenvalue weighted by molar-refractivity contribution is -0.138. The van der Waals surface area contributed by atoms with Crippen LogP contribution in [0.1, 0.15) is 48.5 Å². The zero-order chi connectivity index (χ0) is 17.1. The van der Waals surface area contributed by atoms with Crippen LogP contribution < -0.4 is 4.74 Å². The lowest BCUT2D eigenvalue weighted by atomic mass is 10.00. The molecule has 0 saturated carbocycles. The van der Waals surface area contributed by atoms with Crippen molar-refractivity contribution in [2.45, 2.75) is 45.1 Å². The first-order valence-electron chi connectivity index (χ1n) is 8.93. The molecule has 2 aliphatic rings. The molecule has 2 aliphatic heterocycles. The number of piperazine rings is 1. The quantitative estimate of drug-likeness (QED) is 0.852. The smallest absolute Gasteiger partial charge is 0.254 e. The summed E-state index contributed by atoms with van der Waals surface area (Å²) in [5.41, 5.74) is 1.76. The summed E-state index contributed by atoms with van der Waals surface area (Å²) >= 11 is 0. The molecule has 0 aliphatic carbocycles. The molecule has 1 aromatic carbocycles. The van der Waals surface area contributed by atoms with Crippen LogP contribution in [0.5, 0.6) is 5.75 Å². The predicted molar refractivity (Wildman–Crippen MR) is 92.2 cm³/mol. The summed E-state index contributed by atoms with van der Waals surface area (Å²) in [6, 6.07) is 5.33. The number of likely N-dealkylation sites (N-methyl/N-ethyl adjacent to an activating group) is 1. The first-order chi connectivity index (χ1) is 11.6. The number of amides is 2.